The number of benzene rings is 2. The van der Waals surface area contributed by atoms with Gasteiger partial charge >= 0.3 is 6.03 Å². The lowest BCUT2D eigenvalue weighted by Crippen LogP contribution is -2.32. The third-order valence-corrected chi connectivity index (χ3v) is 4.00. The Morgan fingerprint density at radius 1 is 1.13 bits per heavy atom. The second kappa shape index (κ2) is 8.58. The highest BCUT2D eigenvalue weighted by Crippen LogP contribution is 2.25. The highest BCUT2D eigenvalue weighted by molar-refractivity contribution is 9.10. The number of urea groups is 1. The number of amides is 2. The van der Waals surface area contributed by atoms with Gasteiger partial charge in [-0.05, 0) is 45.6 Å². The van der Waals surface area contributed by atoms with Crippen LogP contribution in [0.4, 0.5) is 10.5 Å². The molecule has 5 heteroatoms. The molecule has 2 aromatic carbocycles. The van der Waals surface area contributed by atoms with Crippen LogP contribution < -0.4 is 15.4 Å². The van der Waals surface area contributed by atoms with E-state index in [9.17, 15) is 4.79 Å². The molecule has 2 aromatic rings. The van der Waals surface area contributed by atoms with Crippen molar-refractivity contribution in [1.29, 1.82) is 0 Å². The molecule has 0 heterocycles. The fourth-order valence-electron chi connectivity index (χ4n) is 2.14. The monoisotopic (exact) mass is 376 g/mol. The molecule has 0 saturated carbocycles. The average Bonchev–Trinajstić information content (AvgIpc) is 2.54. The Morgan fingerprint density at radius 3 is 2.57 bits per heavy atom. The molecule has 0 aliphatic heterocycles. The van der Waals surface area contributed by atoms with Gasteiger partial charge in [0.25, 0.3) is 0 Å². The summed E-state index contributed by atoms with van der Waals surface area (Å²) in [7, 11) is 0. The minimum atomic E-state index is -0.252. The van der Waals surface area contributed by atoms with E-state index in [4.69, 9.17) is 4.74 Å². The number of hydrogen-bond donors (Lipinski definition) is 2. The molecule has 0 bridgehead atoms. The molecule has 2 rings (SSSR count). The minimum absolute atomic E-state index is 0.252. The van der Waals surface area contributed by atoms with Gasteiger partial charge in [0.15, 0.2) is 0 Å². The predicted octanol–water partition coefficient (Wildman–Crippen LogP) is 4.77. The summed E-state index contributed by atoms with van der Waals surface area (Å²) in [5.74, 6) is 1.27. The number of anilines is 1. The van der Waals surface area contributed by atoms with Crippen LogP contribution in [0.1, 0.15) is 25.3 Å². The van der Waals surface area contributed by atoms with Gasteiger partial charge in [0, 0.05) is 4.47 Å². The lowest BCUT2D eigenvalue weighted by molar-refractivity contribution is 0.247. The Hall–Kier alpha value is -2.01. The van der Waals surface area contributed by atoms with Crippen molar-refractivity contribution in [3.63, 3.8) is 0 Å². The molecule has 0 aliphatic rings. The largest absolute Gasteiger partial charge is 0.491 e. The molecule has 122 valence electrons. The fraction of sp³-hybridized carbons (Fsp3) is 0.278. The second-order valence-corrected chi connectivity index (χ2v) is 6.26. The Kier molecular flexibility index (Phi) is 6.47. The molecule has 2 N–H and O–H groups in total. The van der Waals surface area contributed by atoms with Crippen LogP contribution in [0.2, 0.25) is 0 Å². The van der Waals surface area contributed by atoms with Crippen molar-refractivity contribution in [2.24, 2.45) is 0 Å². The smallest absolute Gasteiger partial charge is 0.319 e. The molecule has 23 heavy (non-hydrogen) atoms. The van der Waals surface area contributed by atoms with Crippen LogP contribution in [0.3, 0.4) is 0 Å². The Bertz CT molecular complexity index is 659. The zero-order chi connectivity index (χ0) is 16.7. The Balaban J connectivity index is 1.78. The topological polar surface area (TPSA) is 50.4 Å². The van der Waals surface area contributed by atoms with Gasteiger partial charge in [-0.15, -0.1) is 0 Å². The second-order valence-electron chi connectivity index (χ2n) is 5.40. The highest BCUT2D eigenvalue weighted by Gasteiger charge is 2.07. The van der Waals surface area contributed by atoms with Gasteiger partial charge in [-0.2, -0.15) is 0 Å². The van der Waals surface area contributed by atoms with E-state index >= 15 is 0 Å². The number of ether oxygens (including phenoxy) is 1. The highest BCUT2D eigenvalue weighted by atomic mass is 79.9. The third-order valence-electron chi connectivity index (χ3n) is 3.31. The summed E-state index contributed by atoms with van der Waals surface area (Å²) in [5, 5.41) is 5.57. The summed E-state index contributed by atoms with van der Waals surface area (Å²) in [4.78, 5) is 11.9. The van der Waals surface area contributed by atoms with E-state index in [0.717, 1.165) is 15.9 Å². The first kappa shape index (κ1) is 17.3. The molecule has 0 aromatic heterocycles. The van der Waals surface area contributed by atoms with Gasteiger partial charge in [-0.25, -0.2) is 4.79 Å². The first-order valence-corrected chi connectivity index (χ1v) is 8.38. The van der Waals surface area contributed by atoms with Crippen LogP contribution in [0.25, 0.3) is 0 Å². The summed E-state index contributed by atoms with van der Waals surface area (Å²) in [6.07, 6.45) is 0. The molecule has 0 radical (unpaired) electrons. The van der Waals surface area contributed by atoms with Crippen LogP contribution in [0.5, 0.6) is 5.75 Å². The first-order chi connectivity index (χ1) is 11.1. The predicted molar refractivity (Wildman–Crippen MR) is 97.2 cm³/mol. The van der Waals surface area contributed by atoms with Crippen molar-refractivity contribution < 1.29 is 9.53 Å². The number of halogens is 1. The van der Waals surface area contributed by atoms with E-state index in [0.29, 0.717) is 19.1 Å². The molecular weight excluding hydrogens is 356 g/mol. The molecule has 0 spiro atoms. The number of carbonyl (C=O) groups excluding carboxylic acids is 1. The van der Waals surface area contributed by atoms with Crippen molar-refractivity contribution in [3.8, 4) is 5.75 Å². The van der Waals surface area contributed by atoms with E-state index in [1.54, 1.807) is 0 Å². The number of rotatable bonds is 6. The molecule has 4 nitrogen and oxygen atoms in total. The van der Waals surface area contributed by atoms with Gasteiger partial charge in [0.1, 0.15) is 12.4 Å². The number of para-hydroxylation sites is 2. The van der Waals surface area contributed by atoms with Crippen molar-refractivity contribution in [2.75, 3.05) is 18.5 Å². The van der Waals surface area contributed by atoms with Crippen LogP contribution in [-0.2, 0) is 0 Å². The molecule has 0 aliphatic carbocycles. The zero-order valence-electron chi connectivity index (χ0n) is 13.3. The summed E-state index contributed by atoms with van der Waals surface area (Å²) in [6, 6.07) is 15.2. The maximum atomic E-state index is 11.9. The quantitative estimate of drug-likeness (QED) is 0.713. The van der Waals surface area contributed by atoms with Crippen molar-refractivity contribution >= 4 is 27.6 Å². The standard InChI is InChI=1S/C18H21BrN2O2/c1-13(2)14-7-3-6-10-17(14)23-12-11-20-18(22)21-16-9-5-4-8-15(16)19/h3-10,13H,11-12H2,1-2H3,(H2,20,21,22). The van der Waals surface area contributed by atoms with E-state index < -0.39 is 0 Å². The SMILES string of the molecule is CC(C)c1ccccc1OCCNC(=O)Nc1ccccc1Br. The normalized spacial score (nSPS) is 10.4. The Labute approximate surface area is 145 Å². The molecule has 0 saturated heterocycles. The first-order valence-electron chi connectivity index (χ1n) is 7.59. The summed E-state index contributed by atoms with van der Waals surface area (Å²) in [6.45, 7) is 5.12. The molecule has 0 fully saturated rings. The molecule has 0 unspecified atom stereocenters. The van der Waals surface area contributed by atoms with Crippen LogP contribution in [0.15, 0.2) is 53.0 Å². The zero-order valence-corrected chi connectivity index (χ0v) is 14.9. The van der Waals surface area contributed by atoms with E-state index in [1.165, 1.54) is 5.56 Å². The Morgan fingerprint density at radius 2 is 1.83 bits per heavy atom. The maximum absolute atomic E-state index is 11.9. The van der Waals surface area contributed by atoms with Gasteiger partial charge in [0.05, 0.1) is 12.2 Å². The van der Waals surface area contributed by atoms with Crippen molar-refractivity contribution in [3.05, 3.63) is 58.6 Å². The van der Waals surface area contributed by atoms with Crippen molar-refractivity contribution in [2.45, 2.75) is 19.8 Å². The lowest BCUT2D eigenvalue weighted by Gasteiger charge is -2.14. The summed E-state index contributed by atoms with van der Waals surface area (Å²) < 4.78 is 6.62. The van der Waals surface area contributed by atoms with Gasteiger partial charge in [-0.3, -0.25) is 0 Å². The van der Waals surface area contributed by atoms with Crippen LogP contribution in [-0.4, -0.2) is 19.2 Å². The van der Waals surface area contributed by atoms with Gasteiger partial charge in [0.2, 0.25) is 0 Å². The minimum Gasteiger partial charge on any atom is -0.491 e. The average molecular weight is 377 g/mol. The van der Waals surface area contributed by atoms with Crippen LogP contribution >= 0.6 is 15.9 Å². The molecule has 2 amide bonds. The summed E-state index contributed by atoms with van der Waals surface area (Å²) in [5.41, 5.74) is 1.90. The lowest BCUT2D eigenvalue weighted by atomic mass is 10.0. The fourth-order valence-corrected chi connectivity index (χ4v) is 2.53. The van der Waals surface area contributed by atoms with Crippen LogP contribution in [0, 0.1) is 0 Å². The van der Waals surface area contributed by atoms with E-state index in [2.05, 4.69) is 46.5 Å². The van der Waals surface area contributed by atoms with E-state index in [-0.39, 0.29) is 6.03 Å². The van der Waals surface area contributed by atoms with E-state index in [1.807, 2.05) is 42.5 Å². The summed E-state index contributed by atoms with van der Waals surface area (Å²) >= 11 is 3.39. The van der Waals surface area contributed by atoms with Crippen molar-refractivity contribution in [1.82, 2.24) is 5.32 Å². The molecule has 0 atom stereocenters. The third kappa shape index (κ3) is 5.28. The van der Waals surface area contributed by atoms with Gasteiger partial charge in [-0.1, -0.05) is 44.2 Å². The number of hydrogen-bond acceptors (Lipinski definition) is 2. The number of nitrogens with one attached hydrogen (secondary N) is 2. The number of carbonyl (C=O) groups is 1. The van der Waals surface area contributed by atoms with Gasteiger partial charge < -0.3 is 15.4 Å². The molecular formula is C18H21BrN2O2. The maximum Gasteiger partial charge on any atom is 0.319 e.